The second kappa shape index (κ2) is 4.41. The van der Waals surface area contributed by atoms with Crippen molar-refractivity contribution in [3.05, 3.63) is 35.9 Å². The lowest BCUT2D eigenvalue weighted by atomic mass is 9.79. The lowest BCUT2D eigenvalue weighted by Crippen LogP contribution is -2.13. The maximum Gasteiger partial charge on any atom is -0.00167 e. The van der Waals surface area contributed by atoms with Gasteiger partial charge in [0.1, 0.15) is 0 Å². The van der Waals surface area contributed by atoms with E-state index in [2.05, 4.69) is 30.3 Å². The van der Waals surface area contributed by atoms with Gasteiger partial charge in [-0.05, 0) is 49.3 Å². The highest BCUT2D eigenvalue weighted by Crippen LogP contribution is 2.34. The number of hydrogen-bond acceptors (Lipinski definition) is 1. The molecule has 1 heteroatoms. The van der Waals surface area contributed by atoms with Crippen molar-refractivity contribution >= 4 is 6.21 Å². The fourth-order valence-electron chi connectivity index (χ4n) is 2.34. The van der Waals surface area contributed by atoms with Crippen molar-refractivity contribution < 1.29 is 0 Å². The predicted molar refractivity (Wildman–Crippen MR) is 59.9 cm³/mol. The molecule has 1 saturated carbocycles. The zero-order chi connectivity index (χ0) is 9.80. The first-order chi connectivity index (χ1) is 6.90. The Hall–Kier alpha value is -1.11. The van der Waals surface area contributed by atoms with Crippen LogP contribution in [0.5, 0.6) is 0 Å². The molecule has 1 aromatic rings. The second-order valence-corrected chi connectivity index (χ2v) is 4.19. The summed E-state index contributed by atoms with van der Waals surface area (Å²) in [6.45, 7) is 0. The van der Waals surface area contributed by atoms with Crippen molar-refractivity contribution in [2.75, 3.05) is 0 Å². The summed E-state index contributed by atoms with van der Waals surface area (Å²) in [7, 11) is 0. The molecule has 2 rings (SSSR count). The van der Waals surface area contributed by atoms with Gasteiger partial charge in [-0.1, -0.05) is 30.3 Å². The SMILES string of the molecule is N=CC1CCC(c2ccccc2)CC1. The van der Waals surface area contributed by atoms with E-state index in [-0.39, 0.29) is 0 Å². The first-order valence-corrected chi connectivity index (χ1v) is 5.45. The van der Waals surface area contributed by atoms with Gasteiger partial charge in [-0.3, -0.25) is 0 Å². The highest BCUT2D eigenvalue weighted by atomic mass is 14.4. The van der Waals surface area contributed by atoms with Crippen LogP contribution in [0.3, 0.4) is 0 Å². The van der Waals surface area contributed by atoms with Gasteiger partial charge in [-0.2, -0.15) is 0 Å². The molecule has 0 spiro atoms. The zero-order valence-corrected chi connectivity index (χ0v) is 8.45. The molecule has 1 nitrogen and oxygen atoms in total. The van der Waals surface area contributed by atoms with Gasteiger partial charge in [0, 0.05) is 0 Å². The van der Waals surface area contributed by atoms with Gasteiger partial charge >= 0.3 is 0 Å². The number of rotatable bonds is 2. The van der Waals surface area contributed by atoms with Gasteiger partial charge in [0.15, 0.2) is 0 Å². The molecule has 0 saturated heterocycles. The molecule has 0 unspecified atom stereocenters. The quantitative estimate of drug-likeness (QED) is 0.684. The fraction of sp³-hybridized carbons (Fsp3) is 0.462. The van der Waals surface area contributed by atoms with E-state index in [1.807, 2.05) is 0 Å². The van der Waals surface area contributed by atoms with E-state index >= 15 is 0 Å². The van der Waals surface area contributed by atoms with Gasteiger partial charge in [0.2, 0.25) is 0 Å². The van der Waals surface area contributed by atoms with E-state index in [0.29, 0.717) is 5.92 Å². The zero-order valence-electron chi connectivity index (χ0n) is 8.45. The average molecular weight is 187 g/mol. The fourth-order valence-corrected chi connectivity index (χ4v) is 2.34. The van der Waals surface area contributed by atoms with E-state index in [1.54, 1.807) is 6.21 Å². The van der Waals surface area contributed by atoms with Crippen LogP contribution in [-0.2, 0) is 0 Å². The van der Waals surface area contributed by atoms with E-state index < -0.39 is 0 Å². The lowest BCUT2D eigenvalue weighted by Gasteiger charge is -2.26. The minimum Gasteiger partial charge on any atom is -0.313 e. The van der Waals surface area contributed by atoms with Crippen LogP contribution in [0.25, 0.3) is 0 Å². The third kappa shape index (κ3) is 2.03. The van der Waals surface area contributed by atoms with Gasteiger partial charge in [0.25, 0.3) is 0 Å². The van der Waals surface area contributed by atoms with Gasteiger partial charge in [0.05, 0.1) is 0 Å². The Morgan fingerprint density at radius 2 is 1.64 bits per heavy atom. The summed E-state index contributed by atoms with van der Waals surface area (Å²) in [5.41, 5.74) is 1.48. The molecule has 0 aromatic heterocycles. The van der Waals surface area contributed by atoms with Crippen LogP contribution in [0.15, 0.2) is 30.3 Å². The van der Waals surface area contributed by atoms with E-state index in [9.17, 15) is 0 Å². The third-order valence-corrected chi connectivity index (χ3v) is 3.28. The van der Waals surface area contributed by atoms with Crippen molar-refractivity contribution in [2.45, 2.75) is 31.6 Å². The molecule has 1 aromatic carbocycles. The summed E-state index contributed by atoms with van der Waals surface area (Å²) in [6.07, 6.45) is 6.53. The second-order valence-electron chi connectivity index (χ2n) is 4.19. The third-order valence-electron chi connectivity index (χ3n) is 3.28. The Balaban J connectivity index is 1.99. The summed E-state index contributed by atoms with van der Waals surface area (Å²) >= 11 is 0. The topological polar surface area (TPSA) is 23.9 Å². The lowest BCUT2D eigenvalue weighted by molar-refractivity contribution is 0.396. The van der Waals surface area contributed by atoms with Gasteiger partial charge in [-0.25, -0.2) is 0 Å². The van der Waals surface area contributed by atoms with Gasteiger partial charge in [-0.15, -0.1) is 0 Å². The highest BCUT2D eigenvalue weighted by Gasteiger charge is 2.20. The Morgan fingerprint density at radius 3 is 2.21 bits per heavy atom. The Kier molecular flexibility index (Phi) is 2.97. The van der Waals surface area contributed by atoms with Crippen LogP contribution in [0.4, 0.5) is 0 Å². The van der Waals surface area contributed by atoms with Crippen LogP contribution < -0.4 is 0 Å². The highest BCUT2D eigenvalue weighted by molar-refractivity contribution is 5.56. The summed E-state index contributed by atoms with van der Waals surface area (Å²) in [6, 6.07) is 10.8. The standard InChI is InChI=1S/C13H17N/c14-10-11-6-8-13(9-7-11)12-4-2-1-3-5-12/h1-5,10-11,13-14H,6-9H2. The first-order valence-electron chi connectivity index (χ1n) is 5.45. The maximum absolute atomic E-state index is 7.24. The van der Waals surface area contributed by atoms with Crippen molar-refractivity contribution in [3.8, 4) is 0 Å². The average Bonchev–Trinajstić information content (AvgIpc) is 2.30. The van der Waals surface area contributed by atoms with Crippen molar-refractivity contribution in [1.29, 1.82) is 5.41 Å². The molecule has 0 amide bonds. The van der Waals surface area contributed by atoms with Crippen LogP contribution in [0.1, 0.15) is 37.2 Å². The minimum atomic E-state index is 0.551. The summed E-state index contributed by atoms with van der Waals surface area (Å²) in [4.78, 5) is 0. The Morgan fingerprint density at radius 1 is 1.00 bits per heavy atom. The molecule has 0 radical (unpaired) electrons. The predicted octanol–water partition coefficient (Wildman–Crippen LogP) is 3.61. The minimum absolute atomic E-state index is 0.551. The largest absolute Gasteiger partial charge is 0.313 e. The Bertz CT molecular complexity index is 283. The molecule has 1 fully saturated rings. The molecule has 0 heterocycles. The monoisotopic (exact) mass is 187 g/mol. The van der Waals surface area contributed by atoms with Crippen molar-refractivity contribution in [3.63, 3.8) is 0 Å². The molecular weight excluding hydrogens is 170 g/mol. The molecule has 1 N–H and O–H groups in total. The van der Waals surface area contributed by atoms with Crippen LogP contribution in [0.2, 0.25) is 0 Å². The summed E-state index contributed by atoms with van der Waals surface area (Å²) in [5.74, 6) is 1.29. The summed E-state index contributed by atoms with van der Waals surface area (Å²) in [5, 5.41) is 7.24. The van der Waals surface area contributed by atoms with Crippen molar-refractivity contribution in [2.24, 2.45) is 5.92 Å². The van der Waals surface area contributed by atoms with Crippen LogP contribution >= 0.6 is 0 Å². The van der Waals surface area contributed by atoms with Crippen LogP contribution in [-0.4, -0.2) is 6.21 Å². The van der Waals surface area contributed by atoms with Gasteiger partial charge < -0.3 is 5.41 Å². The molecule has 1 aliphatic rings. The van der Waals surface area contributed by atoms with E-state index in [1.165, 1.54) is 31.2 Å². The molecule has 0 atom stereocenters. The molecule has 0 aliphatic heterocycles. The first kappa shape index (κ1) is 9.45. The van der Waals surface area contributed by atoms with Crippen molar-refractivity contribution in [1.82, 2.24) is 0 Å². The summed E-state index contributed by atoms with van der Waals surface area (Å²) < 4.78 is 0. The molecular formula is C13H17N. The maximum atomic E-state index is 7.24. The molecule has 0 bridgehead atoms. The van der Waals surface area contributed by atoms with E-state index in [4.69, 9.17) is 5.41 Å². The van der Waals surface area contributed by atoms with Crippen LogP contribution in [0, 0.1) is 11.3 Å². The molecule has 74 valence electrons. The number of nitrogens with one attached hydrogen (secondary N) is 1. The number of hydrogen-bond donors (Lipinski definition) is 1. The normalized spacial score (nSPS) is 27.1. The Labute approximate surface area is 85.7 Å². The number of benzene rings is 1. The van der Waals surface area contributed by atoms with E-state index in [0.717, 1.165) is 5.92 Å². The molecule has 1 aliphatic carbocycles. The smallest absolute Gasteiger partial charge is 0.00167 e. The molecule has 14 heavy (non-hydrogen) atoms.